The second-order valence-corrected chi connectivity index (χ2v) is 19.0. The third-order valence-electron chi connectivity index (χ3n) is 7.69. The number of nitrogens with one attached hydrogen (secondary N) is 3. The number of ether oxygens (including phenoxy) is 2. The molecule has 3 N–H and O–H groups in total. The minimum Gasteiger partial charge on any atom is -0.448 e. The van der Waals surface area contributed by atoms with Crippen molar-refractivity contribution in [2.24, 2.45) is 5.92 Å². The molecule has 218 valence electrons. The Hall–Kier alpha value is -2.43. The van der Waals surface area contributed by atoms with Crippen molar-refractivity contribution in [1.29, 1.82) is 0 Å². The monoisotopic (exact) mass is 605 g/mol. The van der Waals surface area contributed by atoms with Crippen LogP contribution in [0.15, 0.2) is 21.8 Å². The van der Waals surface area contributed by atoms with Crippen LogP contribution in [0.2, 0.25) is 30.7 Å². The van der Waals surface area contributed by atoms with Crippen molar-refractivity contribution in [2.75, 3.05) is 6.26 Å². The highest BCUT2D eigenvalue weighted by atomic mass is 35.5. The van der Waals surface area contributed by atoms with Crippen molar-refractivity contribution in [3.63, 3.8) is 0 Å². The first-order chi connectivity index (χ1) is 18.7. The van der Waals surface area contributed by atoms with E-state index >= 15 is 0 Å². The number of rotatable bonds is 8. The third kappa shape index (κ3) is 6.71. The van der Waals surface area contributed by atoms with Gasteiger partial charge in [-0.1, -0.05) is 31.2 Å². The lowest BCUT2D eigenvalue weighted by Gasteiger charge is -2.37. The van der Waals surface area contributed by atoms with Gasteiger partial charge < -0.3 is 25.1 Å². The highest BCUT2D eigenvalue weighted by Gasteiger charge is 2.47. The number of pyridine rings is 1. The van der Waals surface area contributed by atoms with E-state index in [0.29, 0.717) is 39.3 Å². The lowest BCUT2D eigenvalue weighted by Crippen LogP contribution is -2.48. The molecule has 1 unspecified atom stereocenters. The Kier molecular flexibility index (Phi) is 9.02. The second kappa shape index (κ2) is 11.8. The van der Waals surface area contributed by atoms with Gasteiger partial charge in [0.15, 0.2) is 11.5 Å². The number of hydrogen-bond donors (Lipinski definition) is 3. The van der Waals surface area contributed by atoms with Crippen LogP contribution in [-0.2, 0) is 11.3 Å². The zero-order chi connectivity index (χ0) is 29.4. The van der Waals surface area contributed by atoms with Crippen molar-refractivity contribution in [3.05, 3.63) is 49.9 Å². The molecule has 11 heteroatoms. The number of aryl methyl sites for hydroxylation is 1. The highest BCUT2D eigenvalue weighted by Crippen LogP contribution is 2.51. The summed E-state index contributed by atoms with van der Waals surface area (Å²) < 4.78 is 12.8. The van der Waals surface area contributed by atoms with Crippen molar-refractivity contribution >= 4 is 43.3 Å². The fourth-order valence-corrected chi connectivity index (χ4v) is 7.58. The van der Waals surface area contributed by atoms with Crippen LogP contribution < -0.4 is 25.7 Å². The molecule has 2 heterocycles. The molecule has 1 fully saturated rings. The summed E-state index contributed by atoms with van der Waals surface area (Å²) >= 11 is 8.07. The summed E-state index contributed by atoms with van der Waals surface area (Å²) in [5.41, 5.74) is 2.07. The van der Waals surface area contributed by atoms with Gasteiger partial charge in [-0.25, -0.2) is 0 Å². The molecule has 8 nitrogen and oxygen atoms in total. The lowest BCUT2D eigenvalue weighted by atomic mass is 9.81. The first-order valence-electron chi connectivity index (χ1n) is 13.8. The summed E-state index contributed by atoms with van der Waals surface area (Å²) in [5, 5.41) is 6.39. The Morgan fingerprint density at radius 1 is 1.12 bits per heavy atom. The zero-order valence-corrected chi connectivity index (χ0v) is 27.0. The molecule has 0 radical (unpaired) electrons. The molecule has 0 saturated heterocycles. The average Bonchev–Trinajstić information content (AvgIpc) is 3.24. The molecule has 1 aliphatic carbocycles. The Morgan fingerprint density at radius 3 is 2.40 bits per heavy atom. The maximum atomic E-state index is 13.2. The molecule has 40 heavy (non-hydrogen) atoms. The van der Waals surface area contributed by atoms with Crippen LogP contribution in [0.5, 0.6) is 11.5 Å². The van der Waals surface area contributed by atoms with Crippen LogP contribution in [0.25, 0.3) is 0 Å². The van der Waals surface area contributed by atoms with Crippen LogP contribution in [0.1, 0.15) is 59.8 Å². The highest BCUT2D eigenvalue weighted by molar-refractivity contribution is 7.98. The number of carbonyl (C=O) groups is 2. The first-order valence-corrected chi connectivity index (χ1v) is 19.1. The number of aromatic amines is 1. The van der Waals surface area contributed by atoms with Gasteiger partial charge in [-0.05, 0) is 57.9 Å². The van der Waals surface area contributed by atoms with E-state index in [2.05, 4.69) is 35.3 Å². The van der Waals surface area contributed by atoms with Gasteiger partial charge in [0.05, 0.1) is 13.1 Å². The molecular weight excluding hydrogens is 566 g/mol. The maximum absolute atomic E-state index is 13.2. The number of halogens is 1. The van der Waals surface area contributed by atoms with Crippen molar-refractivity contribution < 1.29 is 19.1 Å². The van der Waals surface area contributed by atoms with E-state index in [1.54, 1.807) is 6.07 Å². The quantitative estimate of drug-likeness (QED) is 0.259. The second-order valence-electron chi connectivity index (χ2n) is 12.3. The molecule has 2 aromatic rings. The molecule has 2 aliphatic rings. The molecule has 0 spiro atoms. The third-order valence-corrected chi connectivity index (χ3v) is 10.2. The molecule has 1 aromatic carbocycles. The smallest absolute Gasteiger partial charge is 0.254 e. The van der Waals surface area contributed by atoms with E-state index in [-0.39, 0.29) is 35.9 Å². The van der Waals surface area contributed by atoms with Gasteiger partial charge in [0.25, 0.3) is 17.3 Å². The lowest BCUT2D eigenvalue weighted by molar-refractivity contribution is -0.125. The number of H-pyrrole nitrogens is 1. The average molecular weight is 606 g/mol. The van der Waals surface area contributed by atoms with Crippen LogP contribution in [0, 0.1) is 19.8 Å². The number of benzene rings is 1. The maximum Gasteiger partial charge on any atom is 0.254 e. The number of amides is 2. The predicted molar refractivity (Wildman–Crippen MR) is 163 cm³/mol. The Labute approximate surface area is 246 Å². The normalized spacial score (nSPS) is 22.2. The van der Waals surface area contributed by atoms with Gasteiger partial charge in [-0.15, -0.1) is 11.8 Å². The topological polar surface area (TPSA) is 110 Å². The molecular formula is C29H40ClN3O5SSi. The molecule has 4 rings (SSSR count). The van der Waals surface area contributed by atoms with E-state index < -0.39 is 13.9 Å². The minimum atomic E-state index is -1.45. The fourth-order valence-electron chi connectivity index (χ4n) is 5.57. The summed E-state index contributed by atoms with van der Waals surface area (Å²) in [7, 11) is -1.45. The SMILES string of the molecule is CSc1cc(C)[nH]c(=O)c1CNC(=O)c1cc(Cl)c2c(c1C)OC(C)(C1CCC(NC(=O)C[Si](C)(C)C)CC1)O2. The number of fused-ring (bicyclic) bond motifs is 1. The summed E-state index contributed by atoms with van der Waals surface area (Å²) in [5.74, 6) is -0.0784. The molecule has 0 bridgehead atoms. The molecule has 1 aromatic heterocycles. The summed E-state index contributed by atoms with van der Waals surface area (Å²) in [6.45, 7) is 12.3. The Balaban J connectivity index is 1.43. The van der Waals surface area contributed by atoms with E-state index in [4.69, 9.17) is 21.1 Å². The summed E-state index contributed by atoms with van der Waals surface area (Å²) in [6.07, 6.45) is 5.30. The summed E-state index contributed by atoms with van der Waals surface area (Å²) in [4.78, 5) is 41.8. The van der Waals surface area contributed by atoms with E-state index in [9.17, 15) is 14.4 Å². The van der Waals surface area contributed by atoms with Gasteiger partial charge in [0, 0.05) is 58.8 Å². The Morgan fingerprint density at radius 2 is 1.77 bits per heavy atom. The standard InChI is InChI=1S/C29H40ClN3O5SSi/c1-16-12-23(39-4)21(28(36)32-16)14-31-27(35)20-13-22(30)26-25(17(20)2)37-29(3,38-26)18-8-10-19(11-9-18)33-24(34)15-40(5,6)7/h12-13,18-19H,8-11,14-15H2,1-7H3,(H,31,35)(H,32,36)(H,33,34). The van der Waals surface area contributed by atoms with Crippen molar-refractivity contribution in [3.8, 4) is 11.5 Å². The zero-order valence-electron chi connectivity index (χ0n) is 24.4. The summed E-state index contributed by atoms with van der Waals surface area (Å²) in [6, 6.07) is 4.30. The van der Waals surface area contributed by atoms with Crippen molar-refractivity contribution in [1.82, 2.24) is 15.6 Å². The van der Waals surface area contributed by atoms with Crippen LogP contribution in [0.4, 0.5) is 0 Å². The van der Waals surface area contributed by atoms with Gasteiger partial charge in [0.1, 0.15) is 0 Å². The number of hydrogen-bond acceptors (Lipinski definition) is 6. The van der Waals surface area contributed by atoms with Gasteiger partial charge in [0.2, 0.25) is 5.91 Å². The fraction of sp³-hybridized carbons (Fsp3) is 0.552. The van der Waals surface area contributed by atoms with Gasteiger partial charge >= 0.3 is 0 Å². The minimum absolute atomic E-state index is 0.0888. The first kappa shape index (κ1) is 30.5. The molecule has 1 aliphatic heterocycles. The molecule has 1 atom stereocenters. The van der Waals surface area contributed by atoms with Crippen molar-refractivity contribution in [2.45, 2.75) is 95.4 Å². The van der Waals surface area contributed by atoms with E-state index in [1.807, 2.05) is 33.1 Å². The number of carbonyl (C=O) groups excluding carboxylic acids is 2. The van der Waals surface area contributed by atoms with Crippen LogP contribution >= 0.6 is 23.4 Å². The van der Waals surface area contributed by atoms with Crippen LogP contribution in [0.3, 0.4) is 0 Å². The predicted octanol–water partition coefficient (Wildman–Crippen LogP) is 5.80. The van der Waals surface area contributed by atoms with E-state index in [1.165, 1.54) is 11.8 Å². The Bertz CT molecular complexity index is 1370. The number of aromatic nitrogens is 1. The van der Waals surface area contributed by atoms with E-state index in [0.717, 1.165) is 36.3 Å². The molecule has 2 amide bonds. The number of thioether (sulfide) groups is 1. The van der Waals surface area contributed by atoms with Gasteiger partial charge in [-0.2, -0.15) is 0 Å². The van der Waals surface area contributed by atoms with Crippen LogP contribution in [-0.4, -0.2) is 43.0 Å². The largest absolute Gasteiger partial charge is 0.448 e. The molecule has 1 saturated carbocycles. The van der Waals surface area contributed by atoms with Gasteiger partial charge in [-0.3, -0.25) is 14.4 Å².